The van der Waals surface area contributed by atoms with Gasteiger partial charge in [-0.1, -0.05) is 55.7 Å². The lowest BCUT2D eigenvalue weighted by Crippen LogP contribution is -2.28. The molecule has 0 heterocycles. The van der Waals surface area contributed by atoms with Crippen molar-refractivity contribution in [1.29, 1.82) is 0 Å². The predicted molar refractivity (Wildman–Crippen MR) is 137 cm³/mol. The fraction of sp³-hybridized carbons (Fsp3) is 0.464. The second-order valence-corrected chi connectivity index (χ2v) is 11.1. The standard InChI is InChI=1S/C28H36NO4P/c1-3-32-34(31,33-4-2)24-17-14-21(15-18-24)20-29-28(30)26-19-16-22-10-8-9-13-25(22)27(26)23-11-6-5-7-12-23/h8-10,13-15,17-18,23H,3-7,11-12,16,19-20H2,1-2H3,(H,29,30). The van der Waals surface area contributed by atoms with Crippen molar-refractivity contribution in [1.82, 2.24) is 5.32 Å². The lowest BCUT2D eigenvalue weighted by atomic mass is 9.74. The van der Waals surface area contributed by atoms with Crippen molar-refractivity contribution >= 4 is 24.4 Å². The first-order chi connectivity index (χ1) is 16.6. The van der Waals surface area contributed by atoms with Gasteiger partial charge >= 0.3 is 7.60 Å². The molecule has 0 radical (unpaired) electrons. The lowest BCUT2D eigenvalue weighted by Gasteiger charge is -2.31. The second kappa shape index (κ2) is 11.5. The molecule has 2 aromatic carbocycles. The molecule has 1 saturated carbocycles. The largest absolute Gasteiger partial charge is 0.361 e. The zero-order valence-corrected chi connectivity index (χ0v) is 21.2. The van der Waals surface area contributed by atoms with E-state index in [4.69, 9.17) is 9.05 Å². The number of hydrogen-bond acceptors (Lipinski definition) is 4. The number of amides is 1. The van der Waals surface area contributed by atoms with Crippen molar-refractivity contribution in [2.45, 2.75) is 65.3 Å². The Hall–Kier alpha value is -2.20. The van der Waals surface area contributed by atoms with Crippen LogP contribution in [0, 0.1) is 5.92 Å². The molecule has 2 aromatic rings. The third-order valence-corrected chi connectivity index (χ3v) is 9.00. The van der Waals surface area contributed by atoms with Crippen LogP contribution in [0.4, 0.5) is 0 Å². The van der Waals surface area contributed by atoms with E-state index in [0.29, 0.717) is 31.0 Å². The van der Waals surface area contributed by atoms with Gasteiger partial charge in [-0.05, 0) is 79.8 Å². The van der Waals surface area contributed by atoms with E-state index in [9.17, 15) is 9.36 Å². The normalized spacial score (nSPS) is 16.9. The lowest BCUT2D eigenvalue weighted by molar-refractivity contribution is -0.117. The Labute approximate surface area is 203 Å². The van der Waals surface area contributed by atoms with Gasteiger partial charge in [0.15, 0.2) is 0 Å². The van der Waals surface area contributed by atoms with Crippen LogP contribution in [-0.2, 0) is 31.4 Å². The molecule has 1 N–H and O–H groups in total. The Balaban J connectivity index is 1.51. The summed E-state index contributed by atoms with van der Waals surface area (Å²) in [4.78, 5) is 13.4. The van der Waals surface area contributed by atoms with E-state index in [0.717, 1.165) is 24.0 Å². The summed E-state index contributed by atoms with van der Waals surface area (Å²) in [6, 6.07) is 15.9. The maximum absolute atomic E-state index is 13.4. The van der Waals surface area contributed by atoms with Crippen molar-refractivity contribution in [3.05, 3.63) is 70.8 Å². The van der Waals surface area contributed by atoms with Gasteiger partial charge in [0, 0.05) is 12.1 Å². The highest BCUT2D eigenvalue weighted by molar-refractivity contribution is 7.62. The molecule has 34 heavy (non-hydrogen) atoms. The number of nitrogens with one attached hydrogen (secondary N) is 1. The van der Waals surface area contributed by atoms with Crippen LogP contribution in [-0.4, -0.2) is 19.1 Å². The highest BCUT2D eigenvalue weighted by atomic mass is 31.2. The summed E-state index contributed by atoms with van der Waals surface area (Å²) in [6.45, 7) is 4.66. The number of rotatable bonds is 9. The molecule has 2 aliphatic carbocycles. The number of benzene rings is 2. The smallest absolute Gasteiger partial charge is 0.348 e. The Morgan fingerprint density at radius 3 is 2.29 bits per heavy atom. The van der Waals surface area contributed by atoms with Crippen molar-refractivity contribution < 1.29 is 18.4 Å². The third kappa shape index (κ3) is 5.54. The van der Waals surface area contributed by atoms with Gasteiger partial charge in [0.2, 0.25) is 5.91 Å². The number of fused-ring (bicyclic) bond motifs is 1. The predicted octanol–water partition coefficient (Wildman–Crippen LogP) is 6.17. The number of carbonyl (C=O) groups is 1. The van der Waals surface area contributed by atoms with E-state index in [1.54, 1.807) is 26.0 Å². The maximum Gasteiger partial charge on any atom is 0.361 e. The molecule has 1 fully saturated rings. The quantitative estimate of drug-likeness (QED) is 0.435. The fourth-order valence-electron chi connectivity index (χ4n) is 5.26. The van der Waals surface area contributed by atoms with E-state index in [1.807, 2.05) is 12.1 Å². The van der Waals surface area contributed by atoms with Crippen molar-refractivity contribution in [2.24, 2.45) is 5.92 Å². The minimum absolute atomic E-state index is 0.0356. The van der Waals surface area contributed by atoms with Gasteiger partial charge in [0.25, 0.3) is 0 Å². The van der Waals surface area contributed by atoms with Crippen LogP contribution in [0.15, 0.2) is 54.1 Å². The molecule has 0 bridgehead atoms. The van der Waals surface area contributed by atoms with Gasteiger partial charge in [-0.25, -0.2) is 0 Å². The van der Waals surface area contributed by atoms with Crippen LogP contribution < -0.4 is 10.6 Å². The maximum atomic E-state index is 13.4. The highest BCUT2D eigenvalue weighted by Gasteiger charge is 2.30. The van der Waals surface area contributed by atoms with Gasteiger partial charge < -0.3 is 14.4 Å². The van der Waals surface area contributed by atoms with Crippen LogP contribution in [0.25, 0.3) is 5.57 Å². The topological polar surface area (TPSA) is 64.6 Å². The van der Waals surface area contributed by atoms with Gasteiger partial charge in [-0.2, -0.15) is 0 Å². The summed E-state index contributed by atoms with van der Waals surface area (Å²) in [7, 11) is -3.30. The van der Waals surface area contributed by atoms with E-state index < -0.39 is 7.60 Å². The SMILES string of the molecule is CCOP(=O)(OCC)c1ccc(CNC(=O)C2=C(C3CCCCC3)c3ccccc3CC2)cc1. The van der Waals surface area contributed by atoms with Crippen molar-refractivity contribution in [3.8, 4) is 0 Å². The monoisotopic (exact) mass is 481 g/mol. The van der Waals surface area contributed by atoms with Crippen molar-refractivity contribution in [3.63, 3.8) is 0 Å². The molecule has 0 atom stereocenters. The molecular formula is C28H36NO4P. The fourth-order valence-corrected chi connectivity index (χ4v) is 6.83. The molecule has 0 aromatic heterocycles. The van der Waals surface area contributed by atoms with E-state index >= 15 is 0 Å². The van der Waals surface area contributed by atoms with Crippen LogP contribution in [0.3, 0.4) is 0 Å². The zero-order valence-electron chi connectivity index (χ0n) is 20.3. The number of allylic oxidation sites excluding steroid dienone is 1. The summed E-state index contributed by atoms with van der Waals surface area (Å²) < 4.78 is 23.8. The second-order valence-electron chi connectivity index (χ2n) is 9.07. The third-order valence-electron chi connectivity index (χ3n) is 6.87. The average molecular weight is 482 g/mol. The van der Waals surface area contributed by atoms with Gasteiger partial charge in [0.1, 0.15) is 0 Å². The minimum Gasteiger partial charge on any atom is -0.348 e. The molecule has 0 unspecified atom stereocenters. The molecule has 182 valence electrons. The molecule has 1 amide bonds. The van der Waals surface area contributed by atoms with Crippen LogP contribution >= 0.6 is 7.60 Å². The summed E-state index contributed by atoms with van der Waals surface area (Å²) >= 11 is 0. The number of aryl methyl sites for hydroxylation is 1. The van der Waals surface area contributed by atoms with Crippen LogP contribution in [0.5, 0.6) is 0 Å². The first-order valence-corrected chi connectivity index (χ1v) is 14.2. The van der Waals surface area contributed by atoms with E-state index in [2.05, 4.69) is 29.6 Å². The number of hydrogen-bond donors (Lipinski definition) is 1. The van der Waals surface area contributed by atoms with E-state index in [-0.39, 0.29) is 5.91 Å². The minimum atomic E-state index is -3.30. The Kier molecular flexibility index (Phi) is 8.41. The van der Waals surface area contributed by atoms with Crippen LogP contribution in [0.1, 0.15) is 69.1 Å². The summed E-state index contributed by atoms with van der Waals surface area (Å²) in [5.41, 5.74) is 5.83. The van der Waals surface area contributed by atoms with Gasteiger partial charge in [0.05, 0.1) is 18.5 Å². The molecular weight excluding hydrogens is 445 g/mol. The number of carbonyl (C=O) groups excluding carboxylic acids is 1. The highest BCUT2D eigenvalue weighted by Crippen LogP contribution is 2.46. The Morgan fingerprint density at radius 2 is 1.62 bits per heavy atom. The molecule has 2 aliphatic rings. The molecule has 0 saturated heterocycles. The summed E-state index contributed by atoms with van der Waals surface area (Å²) in [6.07, 6.45) is 7.81. The van der Waals surface area contributed by atoms with Gasteiger partial charge in [-0.3, -0.25) is 9.36 Å². The summed E-state index contributed by atoms with van der Waals surface area (Å²) in [5, 5.41) is 3.69. The molecule has 4 rings (SSSR count). The molecule has 0 spiro atoms. The first-order valence-electron chi connectivity index (χ1n) is 12.6. The average Bonchev–Trinajstić information content (AvgIpc) is 2.87. The Morgan fingerprint density at radius 1 is 0.941 bits per heavy atom. The molecule has 6 heteroatoms. The summed E-state index contributed by atoms with van der Waals surface area (Å²) in [5.74, 6) is 0.509. The van der Waals surface area contributed by atoms with Crippen LogP contribution in [0.2, 0.25) is 0 Å². The Bertz CT molecular complexity index is 1060. The molecule has 0 aliphatic heterocycles. The molecule has 5 nitrogen and oxygen atoms in total. The van der Waals surface area contributed by atoms with Crippen molar-refractivity contribution in [2.75, 3.05) is 13.2 Å². The van der Waals surface area contributed by atoms with E-state index in [1.165, 1.54) is 48.8 Å². The first kappa shape index (κ1) is 24.9. The zero-order chi connectivity index (χ0) is 24.0. The van der Waals surface area contributed by atoms with Gasteiger partial charge in [-0.15, -0.1) is 0 Å².